The van der Waals surface area contributed by atoms with E-state index in [1.54, 1.807) is 30.3 Å². The number of carbonyl (C=O) groups excluding carboxylic acids is 2. The smallest absolute Gasteiger partial charge is 0.466 e. The minimum absolute atomic E-state index is 0.220. The van der Waals surface area contributed by atoms with E-state index in [1.807, 2.05) is 30.3 Å². The molecule has 0 saturated heterocycles. The first-order valence-corrected chi connectivity index (χ1v) is 6.74. The van der Waals surface area contributed by atoms with Crippen LogP contribution in [0.15, 0.2) is 60.7 Å². The van der Waals surface area contributed by atoms with E-state index >= 15 is 0 Å². The van der Waals surface area contributed by atoms with Crippen LogP contribution >= 0.6 is 0 Å². The minimum atomic E-state index is -1.05. The lowest BCUT2D eigenvalue weighted by atomic mass is 10.1. The van der Waals surface area contributed by atoms with Crippen molar-refractivity contribution in [3.63, 3.8) is 0 Å². The Morgan fingerprint density at radius 2 is 1.55 bits per heavy atom. The van der Waals surface area contributed by atoms with Gasteiger partial charge in [0.05, 0.1) is 7.11 Å². The normalized spacial score (nSPS) is 11.3. The van der Waals surface area contributed by atoms with Crippen LogP contribution in [-0.2, 0) is 20.7 Å². The van der Waals surface area contributed by atoms with Gasteiger partial charge in [0, 0.05) is 6.42 Å². The van der Waals surface area contributed by atoms with Gasteiger partial charge in [0.25, 0.3) is 0 Å². The Labute approximate surface area is 128 Å². The molecule has 0 N–H and O–H groups in total. The van der Waals surface area contributed by atoms with E-state index in [0.717, 1.165) is 5.56 Å². The molecule has 5 nitrogen and oxygen atoms in total. The molecule has 22 heavy (non-hydrogen) atoms. The maximum atomic E-state index is 11.8. The Balaban J connectivity index is 2.00. The van der Waals surface area contributed by atoms with Gasteiger partial charge in [-0.2, -0.15) is 0 Å². The van der Waals surface area contributed by atoms with E-state index in [2.05, 4.69) is 4.74 Å². The first kappa shape index (κ1) is 15.6. The zero-order valence-corrected chi connectivity index (χ0v) is 12.1. The number of hydrogen-bond acceptors (Lipinski definition) is 5. The van der Waals surface area contributed by atoms with Crippen molar-refractivity contribution in [3.8, 4) is 5.75 Å². The summed E-state index contributed by atoms with van der Waals surface area (Å²) in [5, 5.41) is 0. The lowest BCUT2D eigenvalue weighted by Gasteiger charge is -2.15. The summed E-state index contributed by atoms with van der Waals surface area (Å²) in [5.74, 6) is -0.287. The Morgan fingerprint density at radius 1 is 0.955 bits per heavy atom. The van der Waals surface area contributed by atoms with E-state index < -0.39 is 18.2 Å². The summed E-state index contributed by atoms with van der Waals surface area (Å²) < 4.78 is 14.7. The van der Waals surface area contributed by atoms with Gasteiger partial charge in [-0.25, -0.2) is 9.59 Å². The molecule has 5 heteroatoms. The second-order valence-corrected chi connectivity index (χ2v) is 4.48. The summed E-state index contributed by atoms with van der Waals surface area (Å²) in [6.07, 6.45) is -1.78. The monoisotopic (exact) mass is 300 g/mol. The Bertz CT molecular complexity index is 609. The van der Waals surface area contributed by atoms with Crippen molar-refractivity contribution in [2.24, 2.45) is 0 Å². The molecule has 0 fully saturated rings. The van der Waals surface area contributed by atoms with E-state index in [9.17, 15) is 9.59 Å². The molecule has 2 aromatic carbocycles. The number of esters is 1. The second kappa shape index (κ2) is 7.83. The van der Waals surface area contributed by atoms with Crippen molar-refractivity contribution >= 4 is 12.1 Å². The van der Waals surface area contributed by atoms with Crippen molar-refractivity contribution < 1.29 is 23.8 Å². The number of para-hydroxylation sites is 1. The zero-order valence-electron chi connectivity index (χ0n) is 12.1. The summed E-state index contributed by atoms with van der Waals surface area (Å²) in [7, 11) is 1.24. The summed E-state index contributed by atoms with van der Waals surface area (Å²) in [5.41, 5.74) is 0.852. The molecule has 0 saturated carbocycles. The Hall–Kier alpha value is -2.82. The van der Waals surface area contributed by atoms with Crippen molar-refractivity contribution in [3.05, 3.63) is 66.2 Å². The van der Waals surface area contributed by atoms with E-state index in [0.29, 0.717) is 5.75 Å². The van der Waals surface area contributed by atoms with Crippen molar-refractivity contribution in [1.82, 2.24) is 0 Å². The molecule has 0 aliphatic rings. The van der Waals surface area contributed by atoms with Gasteiger partial charge in [-0.15, -0.1) is 0 Å². The number of carbonyl (C=O) groups is 2. The summed E-state index contributed by atoms with van der Waals surface area (Å²) in [6.45, 7) is 0. The number of ether oxygens (including phenoxy) is 3. The Kier molecular flexibility index (Phi) is 5.54. The van der Waals surface area contributed by atoms with Crippen LogP contribution in [0.1, 0.15) is 5.56 Å². The van der Waals surface area contributed by atoms with Gasteiger partial charge in [-0.05, 0) is 17.7 Å². The third-order valence-corrected chi connectivity index (χ3v) is 2.91. The van der Waals surface area contributed by atoms with Gasteiger partial charge < -0.3 is 14.2 Å². The van der Waals surface area contributed by atoms with Crippen molar-refractivity contribution in [2.45, 2.75) is 12.5 Å². The predicted molar refractivity (Wildman–Crippen MR) is 79.5 cm³/mol. The van der Waals surface area contributed by atoms with Gasteiger partial charge >= 0.3 is 12.1 Å². The first-order chi connectivity index (χ1) is 10.7. The molecule has 0 heterocycles. The number of methoxy groups -OCH3 is 1. The van der Waals surface area contributed by atoms with Crippen LogP contribution in [0.5, 0.6) is 5.75 Å². The number of rotatable bonds is 5. The first-order valence-electron chi connectivity index (χ1n) is 6.74. The van der Waals surface area contributed by atoms with Crippen LogP contribution < -0.4 is 4.74 Å². The van der Waals surface area contributed by atoms with Gasteiger partial charge in [0.15, 0.2) is 0 Å². The highest BCUT2D eigenvalue weighted by molar-refractivity contribution is 5.78. The van der Waals surface area contributed by atoms with Crippen LogP contribution in [0.3, 0.4) is 0 Å². The number of hydrogen-bond donors (Lipinski definition) is 0. The Morgan fingerprint density at radius 3 is 2.14 bits per heavy atom. The molecule has 0 aliphatic carbocycles. The lowest BCUT2D eigenvalue weighted by molar-refractivity contribution is -0.151. The SMILES string of the molecule is COC(=O)C(Cc1ccccc1)OC(=O)Oc1ccccc1. The fourth-order valence-electron chi connectivity index (χ4n) is 1.86. The van der Waals surface area contributed by atoms with Crippen LogP contribution in [0.25, 0.3) is 0 Å². The maximum Gasteiger partial charge on any atom is 0.514 e. The molecule has 0 amide bonds. The summed E-state index contributed by atoms with van der Waals surface area (Å²) in [6, 6.07) is 17.7. The maximum absolute atomic E-state index is 11.8. The molecule has 2 rings (SSSR count). The fraction of sp³-hybridized carbons (Fsp3) is 0.176. The molecule has 0 radical (unpaired) electrons. The van der Waals surface area contributed by atoms with Crippen LogP contribution in [0.4, 0.5) is 4.79 Å². The lowest BCUT2D eigenvalue weighted by Crippen LogP contribution is -2.31. The van der Waals surface area contributed by atoms with E-state index in [4.69, 9.17) is 9.47 Å². The van der Waals surface area contributed by atoms with Gasteiger partial charge in [-0.3, -0.25) is 0 Å². The zero-order chi connectivity index (χ0) is 15.8. The molecule has 0 aliphatic heterocycles. The molecular formula is C17H16O5. The molecular weight excluding hydrogens is 284 g/mol. The molecule has 1 atom stereocenters. The molecule has 0 aromatic heterocycles. The highest BCUT2D eigenvalue weighted by atomic mass is 16.7. The van der Waals surface area contributed by atoms with Gasteiger partial charge in [0.2, 0.25) is 6.10 Å². The average Bonchev–Trinajstić information content (AvgIpc) is 2.55. The predicted octanol–water partition coefficient (Wildman–Crippen LogP) is 2.99. The molecule has 2 aromatic rings. The quantitative estimate of drug-likeness (QED) is 0.627. The fourth-order valence-corrected chi connectivity index (χ4v) is 1.86. The third kappa shape index (κ3) is 4.63. The van der Waals surface area contributed by atoms with Crippen molar-refractivity contribution in [1.29, 1.82) is 0 Å². The van der Waals surface area contributed by atoms with E-state index in [1.165, 1.54) is 7.11 Å². The second-order valence-electron chi connectivity index (χ2n) is 4.48. The van der Waals surface area contributed by atoms with E-state index in [-0.39, 0.29) is 6.42 Å². The average molecular weight is 300 g/mol. The summed E-state index contributed by atoms with van der Waals surface area (Å²) in [4.78, 5) is 23.5. The molecule has 1 unspecified atom stereocenters. The van der Waals surface area contributed by atoms with Crippen LogP contribution in [-0.4, -0.2) is 25.3 Å². The molecule has 114 valence electrons. The number of benzene rings is 2. The molecule has 0 bridgehead atoms. The highest BCUT2D eigenvalue weighted by Gasteiger charge is 2.25. The van der Waals surface area contributed by atoms with Crippen LogP contribution in [0, 0.1) is 0 Å². The minimum Gasteiger partial charge on any atom is -0.466 e. The standard InChI is InChI=1S/C17H16O5/c1-20-16(18)15(12-13-8-4-2-5-9-13)22-17(19)21-14-10-6-3-7-11-14/h2-11,15H,12H2,1H3. The highest BCUT2D eigenvalue weighted by Crippen LogP contribution is 2.12. The van der Waals surface area contributed by atoms with Crippen LogP contribution in [0.2, 0.25) is 0 Å². The molecule has 0 spiro atoms. The largest absolute Gasteiger partial charge is 0.514 e. The van der Waals surface area contributed by atoms with Gasteiger partial charge in [-0.1, -0.05) is 48.5 Å². The van der Waals surface area contributed by atoms with Gasteiger partial charge in [0.1, 0.15) is 5.75 Å². The summed E-state index contributed by atoms with van der Waals surface area (Å²) >= 11 is 0. The third-order valence-electron chi connectivity index (χ3n) is 2.91. The van der Waals surface area contributed by atoms with Crippen molar-refractivity contribution in [2.75, 3.05) is 7.11 Å². The topological polar surface area (TPSA) is 61.8 Å².